The minimum atomic E-state index is -1.21. The van der Waals surface area contributed by atoms with Crippen molar-refractivity contribution in [3.63, 3.8) is 0 Å². The van der Waals surface area contributed by atoms with Crippen molar-refractivity contribution in [1.29, 1.82) is 0 Å². The van der Waals surface area contributed by atoms with Crippen LogP contribution in [0.1, 0.15) is 77.6 Å². The molecule has 15 heteroatoms. The molecular formula is C36H59N7O6S2. The van der Waals surface area contributed by atoms with Crippen molar-refractivity contribution < 1.29 is 28.7 Å². The van der Waals surface area contributed by atoms with Gasteiger partial charge < -0.3 is 36.2 Å². The molecule has 1 aromatic rings. The smallest absolute Gasteiger partial charge is 0.246 e. The average Bonchev–Trinajstić information content (AvgIpc) is 3.10. The van der Waals surface area contributed by atoms with Gasteiger partial charge in [-0.2, -0.15) is 23.5 Å². The summed E-state index contributed by atoms with van der Waals surface area (Å²) in [5.41, 5.74) is 6.26. The van der Waals surface area contributed by atoms with E-state index in [0.29, 0.717) is 44.0 Å². The molecular weight excluding hydrogens is 691 g/mol. The van der Waals surface area contributed by atoms with E-state index in [9.17, 15) is 24.0 Å². The number of aromatic nitrogens is 1. The topological polar surface area (TPSA) is 176 Å². The number of carbonyl (C=O) groups is 5. The number of thioether (sulfide) groups is 2. The third-order valence-electron chi connectivity index (χ3n) is 9.46. The first-order valence-electron chi connectivity index (χ1n) is 18.2. The molecule has 0 saturated carbocycles. The first-order chi connectivity index (χ1) is 24.3. The molecule has 2 fully saturated rings. The predicted octanol–water partition coefficient (Wildman–Crippen LogP) is 2.31. The van der Waals surface area contributed by atoms with Crippen LogP contribution in [0.4, 0.5) is 0 Å². The van der Waals surface area contributed by atoms with E-state index >= 15 is 0 Å². The van der Waals surface area contributed by atoms with E-state index in [1.54, 1.807) is 23.5 Å². The third kappa shape index (κ3) is 14.2. The van der Waals surface area contributed by atoms with Gasteiger partial charge in [0, 0.05) is 88.1 Å². The van der Waals surface area contributed by atoms with Crippen LogP contribution in [0.3, 0.4) is 0 Å². The number of likely N-dealkylation sites (N-methyl/N-ethyl adjacent to an activating group) is 1. The Hall–Kier alpha value is -2.88. The highest BCUT2D eigenvalue weighted by molar-refractivity contribution is 7.98. The number of nitrogens with zero attached hydrogens (tertiary/aromatic N) is 3. The van der Waals surface area contributed by atoms with Gasteiger partial charge >= 0.3 is 0 Å². The average molecular weight is 750 g/mol. The highest BCUT2D eigenvalue weighted by Gasteiger charge is 2.43. The van der Waals surface area contributed by atoms with E-state index in [4.69, 9.17) is 15.5 Å². The molecule has 0 radical (unpaired) electrons. The summed E-state index contributed by atoms with van der Waals surface area (Å²) >= 11 is 3.30. The number of hydrogen-bond donors (Lipinski definition) is 4. The molecule has 0 aliphatic carbocycles. The van der Waals surface area contributed by atoms with E-state index in [1.807, 2.05) is 50.8 Å². The molecule has 3 heterocycles. The van der Waals surface area contributed by atoms with E-state index in [-0.39, 0.29) is 42.9 Å². The molecule has 0 bridgehead atoms. The molecule has 3 rings (SSSR count). The summed E-state index contributed by atoms with van der Waals surface area (Å²) < 4.78 is 5.53. The van der Waals surface area contributed by atoms with Crippen molar-refractivity contribution in [2.45, 2.75) is 95.3 Å². The van der Waals surface area contributed by atoms with Crippen LogP contribution >= 0.6 is 23.5 Å². The molecule has 5 N–H and O–H groups in total. The summed E-state index contributed by atoms with van der Waals surface area (Å²) in [7, 11) is 2.08. The second-order valence-corrected chi connectivity index (χ2v) is 16.3. The van der Waals surface area contributed by atoms with Crippen molar-refractivity contribution in [3.8, 4) is 0 Å². The highest BCUT2D eigenvalue weighted by Crippen LogP contribution is 2.23. The number of hydrogen-bond acceptors (Lipinski definition) is 10. The Morgan fingerprint density at radius 3 is 2.12 bits per heavy atom. The summed E-state index contributed by atoms with van der Waals surface area (Å²) in [6, 6.07) is 4.19. The van der Waals surface area contributed by atoms with Crippen molar-refractivity contribution in [1.82, 2.24) is 30.7 Å². The first-order valence-corrected chi connectivity index (χ1v) is 20.5. The number of ether oxygens (including phenoxy) is 1. The summed E-state index contributed by atoms with van der Waals surface area (Å²) in [4.78, 5) is 73.9. The molecule has 286 valence electrons. The predicted molar refractivity (Wildman–Crippen MR) is 203 cm³/mol. The summed E-state index contributed by atoms with van der Waals surface area (Å²) in [5.74, 6) is 1.01. The SMILES string of the molecule is CC[C@H](C)[C@H](NC(=O)[C@H](CC(C)C)NC(=O)C1(NC(=O)CCSCc2cccc(CSCCC(=O)N3CCN(C)CC3)n2)CCOCC1)C(N)=O. The zero-order chi connectivity index (χ0) is 37.4. The Labute approximate surface area is 312 Å². The quantitative estimate of drug-likeness (QED) is 0.145. The fourth-order valence-electron chi connectivity index (χ4n) is 6.02. The minimum Gasteiger partial charge on any atom is -0.381 e. The highest BCUT2D eigenvalue weighted by atomic mass is 32.2. The minimum absolute atomic E-state index is 0.0748. The van der Waals surface area contributed by atoms with E-state index in [1.165, 1.54) is 0 Å². The Balaban J connectivity index is 1.48. The molecule has 3 atom stereocenters. The van der Waals surface area contributed by atoms with Crippen LogP contribution in [0.25, 0.3) is 0 Å². The van der Waals surface area contributed by atoms with Gasteiger partial charge in [-0.05, 0) is 37.4 Å². The van der Waals surface area contributed by atoms with Gasteiger partial charge in [0.05, 0.1) is 11.4 Å². The third-order valence-corrected chi connectivity index (χ3v) is 11.4. The van der Waals surface area contributed by atoms with Crippen molar-refractivity contribution >= 4 is 53.1 Å². The number of amides is 5. The van der Waals surface area contributed by atoms with Crippen LogP contribution in [-0.2, 0) is 40.2 Å². The number of nitrogens with two attached hydrogens (primary N) is 1. The molecule has 0 spiro atoms. The lowest BCUT2D eigenvalue weighted by Crippen LogP contribution is -2.64. The van der Waals surface area contributed by atoms with Gasteiger partial charge in [0.2, 0.25) is 29.5 Å². The van der Waals surface area contributed by atoms with Crippen molar-refractivity contribution in [2.24, 2.45) is 17.6 Å². The van der Waals surface area contributed by atoms with Crippen molar-refractivity contribution in [2.75, 3.05) is 57.9 Å². The van der Waals surface area contributed by atoms with E-state index in [0.717, 1.165) is 49.1 Å². The molecule has 2 aliphatic heterocycles. The number of carbonyl (C=O) groups excluding carboxylic acids is 5. The Bertz CT molecular complexity index is 1300. The lowest BCUT2D eigenvalue weighted by molar-refractivity contribution is -0.140. The van der Waals surface area contributed by atoms with Gasteiger partial charge in [0.25, 0.3) is 0 Å². The van der Waals surface area contributed by atoms with Crippen LogP contribution in [-0.4, -0.2) is 120 Å². The fourth-order valence-corrected chi connectivity index (χ4v) is 7.70. The molecule has 51 heavy (non-hydrogen) atoms. The summed E-state index contributed by atoms with van der Waals surface area (Å²) in [6.07, 6.45) is 2.30. The normalized spacial score (nSPS) is 18.0. The zero-order valence-corrected chi connectivity index (χ0v) is 32.7. The monoisotopic (exact) mass is 749 g/mol. The Kier molecular flexibility index (Phi) is 18.0. The van der Waals surface area contributed by atoms with Gasteiger partial charge in [-0.15, -0.1) is 0 Å². The number of piperazine rings is 1. The van der Waals surface area contributed by atoms with Gasteiger partial charge in [0.1, 0.15) is 17.6 Å². The first kappa shape index (κ1) is 42.5. The number of primary amides is 1. The van der Waals surface area contributed by atoms with Crippen LogP contribution in [0.5, 0.6) is 0 Å². The lowest BCUT2D eigenvalue weighted by Gasteiger charge is -2.38. The van der Waals surface area contributed by atoms with E-state index in [2.05, 4.69) is 27.9 Å². The number of nitrogens with one attached hydrogen (secondary N) is 3. The van der Waals surface area contributed by atoms with Crippen LogP contribution in [0.15, 0.2) is 18.2 Å². The van der Waals surface area contributed by atoms with Crippen LogP contribution in [0, 0.1) is 11.8 Å². The largest absolute Gasteiger partial charge is 0.381 e. The molecule has 2 aliphatic rings. The number of rotatable bonds is 20. The molecule has 0 unspecified atom stereocenters. The molecule has 5 amide bonds. The molecule has 13 nitrogen and oxygen atoms in total. The van der Waals surface area contributed by atoms with E-state index < -0.39 is 35.3 Å². The maximum atomic E-state index is 13.8. The van der Waals surface area contributed by atoms with Gasteiger partial charge in [-0.25, -0.2) is 0 Å². The lowest BCUT2D eigenvalue weighted by atomic mass is 9.87. The van der Waals surface area contributed by atoms with Crippen molar-refractivity contribution in [3.05, 3.63) is 29.6 Å². The van der Waals surface area contributed by atoms with Gasteiger partial charge in [-0.3, -0.25) is 29.0 Å². The van der Waals surface area contributed by atoms with Crippen LogP contribution < -0.4 is 21.7 Å². The molecule has 2 saturated heterocycles. The second-order valence-electron chi connectivity index (χ2n) is 14.1. The molecule has 0 aromatic carbocycles. The fraction of sp³-hybridized carbons (Fsp3) is 0.722. The van der Waals surface area contributed by atoms with Gasteiger partial charge in [0.15, 0.2) is 0 Å². The van der Waals surface area contributed by atoms with Crippen LogP contribution in [0.2, 0.25) is 0 Å². The standard InChI is InChI=1S/C36H59N7O6S2/c1-6-26(4)32(33(37)46)40-34(47)29(22-25(2)3)39-35(48)36(12-18-49-19-13-36)41-30(44)10-20-50-23-27-8-7-9-28(38-27)24-51-21-11-31(45)43-16-14-42(5)15-17-43/h7-9,25-26,29,32H,6,10-24H2,1-5H3,(H2,37,46)(H,39,48)(H,40,47)(H,41,44)/t26-,29-,32-/m0/s1. The summed E-state index contributed by atoms with van der Waals surface area (Å²) in [6.45, 7) is 11.7. The number of pyridine rings is 1. The second kappa shape index (κ2) is 21.6. The Morgan fingerprint density at radius 2 is 1.55 bits per heavy atom. The maximum absolute atomic E-state index is 13.8. The maximum Gasteiger partial charge on any atom is 0.246 e. The zero-order valence-electron chi connectivity index (χ0n) is 31.0. The molecule has 1 aromatic heterocycles. The Morgan fingerprint density at radius 1 is 0.941 bits per heavy atom. The summed E-state index contributed by atoms with van der Waals surface area (Å²) in [5, 5.41) is 8.63. The van der Waals surface area contributed by atoms with Gasteiger partial charge in [-0.1, -0.05) is 40.2 Å².